The molecule has 0 aliphatic heterocycles. The molecule has 1 heterocycles. The summed E-state index contributed by atoms with van der Waals surface area (Å²) in [5.41, 5.74) is 4.87. The Morgan fingerprint density at radius 1 is 1.14 bits per heavy atom. The molecule has 1 aromatic heterocycles. The molecule has 0 atom stereocenters. The maximum Gasteiger partial charge on any atom is 0.161 e. The van der Waals surface area contributed by atoms with Crippen LogP contribution in [0.25, 0.3) is 0 Å². The van der Waals surface area contributed by atoms with Gasteiger partial charge in [0.25, 0.3) is 0 Å². The Morgan fingerprint density at radius 3 is 2.57 bits per heavy atom. The van der Waals surface area contributed by atoms with Crippen LogP contribution >= 0.6 is 0 Å². The highest BCUT2D eigenvalue weighted by Crippen LogP contribution is 2.28. The Morgan fingerprint density at radius 2 is 1.95 bits per heavy atom. The van der Waals surface area contributed by atoms with Gasteiger partial charge in [-0.1, -0.05) is 13.0 Å². The lowest BCUT2D eigenvalue weighted by atomic mass is 10.1. The van der Waals surface area contributed by atoms with Crippen molar-refractivity contribution in [1.29, 1.82) is 0 Å². The third kappa shape index (κ3) is 3.72. The topological polar surface area (TPSA) is 55.7 Å². The van der Waals surface area contributed by atoms with E-state index in [1.54, 1.807) is 20.4 Å². The van der Waals surface area contributed by atoms with E-state index >= 15 is 0 Å². The molecule has 5 nitrogen and oxygen atoms in total. The molecule has 2 aromatic rings. The lowest BCUT2D eigenvalue weighted by Gasteiger charge is -2.10. The average molecular weight is 285 g/mol. The van der Waals surface area contributed by atoms with Gasteiger partial charge in [0.2, 0.25) is 0 Å². The highest BCUT2D eigenvalue weighted by Gasteiger charge is 2.08. The first kappa shape index (κ1) is 14.8. The molecule has 0 saturated heterocycles. The Bertz CT molecular complexity index is 612. The minimum Gasteiger partial charge on any atom is -0.493 e. The summed E-state index contributed by atoms with van der Waals surface area (Å²) in [4.78, 5) is 4.18. The van der Waals surface area contributed by atoms with Gasteiger partial charge in [-0.25, -0.2) is 4.98 Å². The molecule has 0 aliphatic rings. The van der Waals surface area contributed by atoms with Crippen molar-refractivity contribution in [2.45, 2.75) is 13.3 Å². The molecule has 1 N–H and O–H groups in total. The minimum atomic E-state index is 0.689. The number of aromatic nitrogens is 1. The predicted molar refractivity (Wildman–Crippen MR) is 84.2 cm³/mol. The van der Waals surface area contributed by atoms with Crippen LogP contribution in [0.2, 0.25) is 0 Å². The molecule has 0 bridgehead atoms. The average Bonchev–Trinajstić information content (AvgIpc) is 2.56. The summed E-state index contributed by atoms with van der Waals surface area (Å²) >= 11 is 0. The normalized spacial score (nSPS) is 11.1. The Balaban J connectivity index is 2.24. The molecule has 0 amide bonds. The predicted octanol–water partition coefficient (Wildman–Crippen LogP) is 3.33. The van der Waals surface area contributed by atoms with Crippen LogP contribution in [0.3, 0.4) is 0 Å². The van der Waals surface area contributed by atoms with Crippen molar-refractivity contribution in [3.05, 3.63) is 48.2 Å². The molecule has 21 heavy (non-hydrogen) atoms. The summed E-state index contributed by atoms with van der Waals surface area (Å²) in [6.07, 6.45) is 2.51. The van der Waals surface area contributed by atoms with E-state index in [4.69, 9.17) is 9.47 Å². The molecular formula is C16H19N3O2. The van der Waals surface area contributed by atoms with Crippen LogP contribution in [0.5, 0.6) is 11.5 Å². The zero-order chi connectivity index (χ0) is 15.1. The highest BCUT2D eigenvalue weighted by molar-refractivity contribution is 6.01. The number of anilines is 1. The van der Waals surface area contributed by atoms with Gasteiger partial charge in [0.1, 0.15) is 5.82 Å². The number of hydrazone groups is 1. The van der Waals surface area contributed by atoms with E-state index in [0.29, 0.717) is 17.3 Å². The van der Waals surface area contributed by atoms with Crippen molar-refractivity contribution in [3.63, 3.8) is 0 Å². The largest absolute Gasteiger partial charge is 0.493 e. The van der Waals surface area contributed by atoms with Gasteiger partial charge in [0, 0.05) is 11.8 Å². The van der Waals surface area contributed by atoms with E-state index in [2.05, 4.69) is 22.4 Å². The van der Waals surface area contributed by atoms with Crippen molar-refractivity contribution in [2.75, 3.05) is 19.6 Å². The number of ether oxygens (including phenoxy) is 2. The van der Waals surface area contributed by atoms with E-state index in [1.807, 2.05) is 36.4 Å². The first-order chi connectivity index (χ1) is 10.3. The van der Waals surface area contributed by atoms with Crippen LogP contribution in [-0.2, 0) is 0 Å². The summed E-state index contributed by atoms with van der Waals surface area (Å²) in [7, 11) is 3.24. The molecule has 1 aromatic carbocycles. The third-order valence-electron chi connectivity index (χ3n) is 3.02. The zero-order valence-corrected chi connectivity index (χ0v) is 12.5. The molecule has 0 radical (unpaired) electrons. The number of benzene rings is 1. The number of nitrogens with one attached hydrogen (secondary N) is 1. The summed E-state index contributed by atoms with van der Waals surface area (Å²) in [6.45, 7) is 2.05. The number of nitrogens with zero attached hydrogens (tertiary/aromatic N) is 2. The molecule has 2 rings (SSSR count). The fourth-order valence-corrected chi connectivity index (χ4v) is 1.92. The number of hydrogen-bond donors (Lipinski definition) is 1. The zero-order valence-electron chi connectivity index (χ0n) is 12.5. The molecule has 0 saturated carbocycles. The Kier molecular flexibility index (Phi) is 5.15. The number of pyridine rings is 1. The van der Waals surface area contributed by atoms with Crippen molar-refractivity contribution >= 4 is 11.5 Å². The van der Waals surface area contributed by atoms with Gasteiger partial charge in [-0.05, 0) is 36.8 Å². The second-order valence-corrected chi connectivity index (χ2v) is 4.31. The molecule has 5 heteroatoms. The van der Waals surface area contributed by atoms with Crippen LogP contribution in [0, 0.1) is 0 Å². The van der Waals surface area contributed by atoms with Gasteiger partial charge in [0.05, 0.1) is 19.9 Å². The number of hydrogen-bond acceptors (Lipinski definition) is 5. The van der Waals surface area contributed by atoms with Gasteiger partial charge in [-0.15, -0.1) is 0 Å². The van der Waals surface area contributed by atoms with Gasteiger partial charge in [-0.3, -0.25) is 5.43 Å². The second-order valence-electron chi connectivity index (χ2n) is 4.31. The smallest absolute Gasteiger partial charge is 0.161 e. The number of methoxy groups -OCH3 is 2. The van der Waals surface area contributed by atoms with E-state index < -0.39 is 0 Å². The first-order valence-corrected chi connectivity index (χ1v) is 6.74. The highest BCUT2D eigenvalue weighted by atomic mass is 16.5. The van der Waals surface area contributed by atoms with Crippen molar-refractivity contribution in [2.24, 2.45) is 5.10 Å². The number of rotatable bonds is 6. The summed E-state index contributed by atoms with van der Waals surface area (Å²) < 4.78 is 10.6. The fraction of sp³-hybridized carbons (Fsp3) is 0.250. The Labute approximate surface area is 124 Å². The second kappa shape index (κ2) is 7.28. The molecular weight excluding hydrogens is 266 g/mol. The van der Waals surface area contributed by atoms with Crippen molar-refractivity contribution in [3.8, 4) is 11.5 Å². The van der Waals surface area contributed by atoms with Crippen LogP contribution in [0.1, 0.15) is 18.9 Å². The summed E-state index contributed by atoms with van der Waals surface area (Å²) in [5.74, 6) is 2.10. The molecule has 0 unspecified atom stereocenters. The van der Waals surface area contributed by atoms with Crippen LogP contribution in [0.4, 0.5) is 5.82 Å². The van der Waals surface area contributed by atoms with Gasteiger partial charge < -0.3 is 9.47 Å². The lowest BCUT2D eigenvalue weighted by Crippen LogP contribution is -2.04. The fourth-order valence-electron chi connectivity index (χ4n) is 1.92. The third-order valence-corrected chi connectivity index (χ3v) is 3.02. The summed E-state index contributed by atoms with van der Waals surface area (Å²) in [5, 5.41) is 4.42. The first-order valence-electron chi connectivity index (χ1n) is 6.74. The van der Waals surface area contributed by atoms with Gasteiger partial charge in [-0.2, -0.15) is 5.10 Å². The van der Waals surface area contributed by atoms with Crippen LogP contribution in [0.15, 0.2) is 47.7 Å². The molecule has 110 valence electrons. The maximum absolute atomic E-state index is 5.32. The van der Waals surface area contributed by atoms with Gasteiger partial charge in [0.15, 0.2) is 11.5 Å². The lowest BCUT2D eigenvalue weighted by molar-refractivity contribution is 0.355. The molecule has 0 fully saturated rings. The minimum absolute atomic E-state index is 0.689. The monoisotopic (exact) mass is 285 g/mol. The van der Waals surface area contributed by atoms with Crippen molar-refractivity contribution < 1.29 is 9.47 Å². The standard InChI is InChI=1S/C16H19N3O2/c1-4-13(18-19-16-7-5-6-10-17-16)12-8-9-14(20-2)15(11-12)21-3/h5-11H,4H2,1-3H3,(H,17,19). The SMILES string of the molecule is CCC(=NNc1ccccn1)c1ccc(OC)c(OC)c1. The van der Waals surface area contributed by atoms with E-state index in [0.717, 1.165) is 17.7 Å². The Hall–Kier alpha value is -2.56. The van der Waals surface area contributed by atoms with Crippen molar-refractivity contribution in [1.82, 2.24) is 4.98 Å². The van der Waals surface area contributed by atoms with Crippen LogP contribution < -0.4 is 14.9 Å². The van der Waals surface area contributed by atoms with E-state index in [1.165, 1.54) is 0 Å². The summed E-state index contributed by atoms with van der Waals surface area (Å²) in [6, 6.07) is 11.4. The van der Waals surface area contributed by atoms with E-state index in [-0.39, 0.29) is 0 Å². The van der Waals surface area contributed by atoms with Gasteiger partial charge >= 0.3 is 0 Å². The van der Waals surface area contributed by atoms with E-state index in [9.17, 15) is 0 Å². The quantitative estimate of drug-likeness (QED) is 0.653. The van der Waals surface area contributed by atoms with Crippen LogP contribution in [-0.4, -0.2) is 24.9 Å². The maximum atomic E-state index is 5.32. The molecule has 0 spiro atoms. The molecule has 0 aliphatic carbocycles.